The van der Waals surface area contributed by atoms with Gasteiger partial charge in [0, 0.05) is 0 Å². The molecule has 1 radical (unpaired) electrons. The van der Waals surface area contributed by atoms with Gasteiger partial charge < -0.3 is 0 Å². The first-order valence-electron chi connectivity index (χ1n) is 3.69. The predicted octanol–water partition coefficient (Wildman–Crippen LogP) is 1.77. The number of hydrogen-bond donors (Lipinski definition) is 0. The van der Waals surface area contributed by atoms with E-state index in [-0.39, 0.29) is 6.61 Å². The Morgan fingerprint density at radius 3 is 2.78 bits per heavy atom. The summed E-state index contributed by atoms with van der Waals surface area (Å²) in [5.41, 5.74) is 1.20. The average Bonchev–Trinajstić information content (AvgIpc) is 2.45. The lowest BCUT2D eigenvalue weighted by Crippen LogP contribution is -1.99. The van der Waals surface area contributed by atoms with Crippen molar-refractivity contribution in [1.29, 1.82) is 0 Å². The van der Waals surface area contributed by atoms with Gasteiger partial charge in [-0.2, -0.15) is 0 Å². The van der Waals surface area contributed by atoms with Gasteiger partial charge in [-0.1, -0.05) is 6.08 Å². The molecule has 1 saturated carbocycles. The van der Waals surface area contributed by atoms with E-state index in [2.05, 4.69) is 6.08 Å². The summed E-state index contributed by atoms with van der Waals surface area (Å²) in [6, 6.07) is 0. The summed E-state index contributed by atoms with van der Waals surface area (Å²) in [6.45, 7) is 0.0567. The molecule has 1 nitrogen and oxygen atoms in total. The molecule has 2 atom stereocenters. The quantitative estimate of drug-likeness (QED) is 0.473. The summed E-state index contributed by atoms with van der Waals surface area (Å²) in [5, 5.41) is 10.5. The lowest BCUT2D eigenvalue weighted by molar-refractivity contribution is 0.213. The molecular weight excluding hydrogens is 112 g/mol. The van der Waals surface area contributed by atoms with Gasteiger partial charge >= 0.3 is 0 Å². The van der Waals surface area contributed by atoms with Crippen LogP contribution in [0.3, 0.4) is 0 Å². The normalized spacial score (nSPS) is 39.4. The van der Waals surface area contributed by atoms with Crippen molar-refractivity contribution in [1.82, 2.24) is 0 Å². The molecule has 2 rings (SSSR count). The molecule has 0 amide bonds. The maximum Gasteiger partial charge on any atom is 0.104 e. The van der Waals surface area contributed by atoms with E-state index in [0.717, 1.165) is 5.92 Å². The summed E-state index contributed by atoms with van der Waals surface area (Å²) in [7, 11) is 0. The minimum absolute atomic E-state index is 0.0567. The number of hydrogen-bond acceptors (Lipinski definition) is 0. The first-order valence-corrected chi connectivity index (χ1v) is 3.69. The second-order valence-corrected chi connectivity index (χ2v) is 3.16. The van der Waals surface area contributed by atoms with E-state index in [9.17, 15) is 5.11 Å². The fraction of sp³-hybridized carbons (Fsp3) is 0.750. The van der Waals surface area contributed by atoms with Gasteiger partial charge in [-0.05, 0) is 36.7 Å². The van der Waals surface area contributed by atoms with Gasteiger partial charge in [0.2, 0.25) is 0 Å². The zero-order valence-corrected chi connectivity index (χ0v) is 5.47. The minimum atomic E-state index is 0.0567. The topological polar surface area (TPSA) is 19.9 Å². The smallest absolute Gasteiger partial charge is 0.104 e. The number of allylic oxidation sites excluding steroid dienone is 1. The van der Waals surface area contributed by atoms with Crippen LogP contribution in [-0.2, 0) is 5.11 Å². The van der Waals surface area contributed by atoms with Gasteiger partial charge in [-0.3, -0.25) is 0 Å². The second-order valence-electron chi connectivity index (χ2n) is 3.16. The molecule has 2 unspecified atom stereocenters. The highest BCUT2D eigenvalue weighted by molar-refractivity contribution is 5.19. The van der Waals surface area contributed by atoms with E-state index in [1.165, 1.54) is 24.8 Å². The van der Waals surface area contributed by atoms with Gasteiger partial charge in [0.25, 0.3) is 0 Å². The van der Waals surface area contributed by atoms with Crippen molar-refractivity contribution in [2.75, 3.05) is 6.61 Å². The van der Waals surface area contributed by atoms with Crippen molar-refractivity contribution in [2.24, 2.45) is 11.8 Å². The van der Waals surface area contributed by atoms with E-state index >= 15 is 0 Å². The first kappa shape index (κ1) is 5.48. The molecule has 2 aliphatic carbocycles. The van der Waals surface area contributed by atoms with Gasteiger partial charge in [-0.15, -0.1) is 0 Å². The summed E-state index contributed by atoms with van der Waals surface area (Å²) in [4.78, 5) is 0. The molecule has 2 bridgehead atoms. The third-order valence-corrected chi connectivity index (χ3v) is 2.61. The van der Waals surface area contributed by atoms with Gasteiger partial charge in [0.05, 0.1) is 0 Å². The van der Waals surface area contributed by atoms with E-state index in [0.29, 0.717) is 5.92 Å². The van der Waals surface area contributed by atoms with Crippen LogP contribution in [0.1, 0.15) is 19.3 Å². The lowest BCUT2D eigenvalue weighted by atomic mass is 10.00. The van der Waals surface area contributed by atoms with Crippen LogP contribution in [0.2, 0.25) is 0 Å². The molecule has 0 N–H and O–H groups in total. The van der Waals surface area contributed by atoms with Crippen LogP contribution in [0.5, 0.6) is 0 Å². The van der Waals surface area contributed by atoms with Crippen LogP contribution in [0, 0.1) is 11.8 Å². The van der Waals surface area contributed by atoms with Crippen molar-refractivity contribution in [3.8, 4) is 0 Å². The van der Waals surface area contributed by atoms with Crippen molar-refractivity contribution >= 4 is 0 Å². The highest BCUT2D eigenvalue weighted by atomic mass is 16.3. The molecule has 0 spiro atoms. The van der Waals surface area contributed by atoms with E-state index in [1.807, 2.05) is 0 Å². The molecule has 2 aliphatic rings. The first-order chi connectivity index (χ1) is 4.40. The molecule has 0 aromatic rings. The summed E-state index contributed by atoms with van der Waals surface area (Å²) in [6.07, 6.45) is 6.13. The van der Waals surface area contributed by atoms with Gasteiger partial charge in [-0.25, -0.2) is 5.11 Å². The van der Waals surface area contributed by atoms with Crippen molar-refractivity contribution < 1.29 is 5.11 Å². The highest BCUT2D eigenvalue weighted by Gasteiger charge is 2.31. The van der Waals surface area contributed by atoms with E-state index in [4.69, 9.17) is 0 Å². The van der Waals surface area contributed by atoms with Crippen LogP contribution in [0.4, 0.5) is 0 Å². The Kier molecular flexibility index (Phi) is 1.12. The molecule has 1 fully saturated rings. The monoisotopic (exact) mass is 123 g/mol. The molecule has 9 heavy (non-hydrogen) atoms. The molecule has 0 aromatic heterocycles. The van der Waals surface area contributed by atoms with Crippen LogP contribution in [0.15, 0.2) is 11.6 Å². The van der Waals surface area contributed by atoms with Gasteiger partial charge in [0.1, 0.15) is 6.61 Å². The average molecular weight is 123 g/mol. The summed E-state index contributed by atoms with van der Waals surface area (Å²) >= 11 is 0. The summed E-state index contributed by atoms with van der Waals surface area (Å²) in [5.74, 6) is 1.49. The Bertz CT molecular complexity index is 149. The molecule has 49 valence electrons. The molecular formula is C8H11O. The van der Waals surface area contributed by atoms with E-state index < -0.39 is 0 Å². The summed E-state index contributed by atoms with van der Waals surface area (Å²) < 4.78 is 0. The van der Waals surface area contributed by atoms with Crippen LogP contribution >= 0.6 is 0 Å². The molecule has 1 heteroatoms. The zero-order valence-electron chi connectivity index (χ0n) is 5.47. The van der Waals surface area contributed by atoms with Crippen molar-refractivity contribution in [3.63, 3.8) is 0 Å². The zero-order chi connectivity index (χ0) is 6.27. The van der Waals surface area contributed by atoms with Crippen LogP contribution < -0.4 is 0 Å². The Morgan fingerprint density at radius 1 is 1.56 bits per heavy atom. The molecule has 0 heterocycles. The second kappa shape index (κ2) is 1.84. The lowest BCUT2D eigenvalue weighted by Gasteiger charge is -2.07. The third kappa shape index (κ3) is 0.715. The minimum Gasteiger partial charge on any atom is -0.232 e. The predicted molar refractivity (Wildman–Crippen MR) is 34.5 cm³/mol. The maximum absolute atomic E-state index is 10.5. The fourth-order valence-electron chi connectivity index (χ4n) is 2.11. The Morgan fingerprint density at radius 2 is 2.44 bits per heavy atom. The molecule has 0 aliphatic heterocycles. The van der Waals surface area contributed by atoms with E-state index in [1.54, 1.807) is 0 Å². The molecule has 0 aromatic carbocycles. The van der Waals surface area contributed by atoms with Crippen molar-refractivity contribution in [2.45, 2.75) is 19.3 Å². The third-order valence-electron chi connectivity index (χ3n) is 2.61. The standard InChI is InChI=1S/C8H11O/c9-5-8-4-6-1-2-7(8)3-6/h4,6-7H,1-3,5H2. The highest BCUT2D eigenvalue weighted by Crippen LogP contribution is 2.43. The van der Waals surface area contributed by atoms with Gasteiger partial charge in [0.15, 0.2) is 0 Å². The maximum atomic E-state index is 10.5. The Balaban J connectivity index is 2.18. The van der Waals surface area contributed by atoms with Crippen molar-refractivity contribution in [3.05, 3.63) is 11.6 Å². The van der Waals surface area contributed by atoms with Crippen LogP contribution in [0.25, 0.3) is 0 Å². The fourth-order valence-corrected chi connectivity index (χ4v) is 2.11. The Labute approximate surface area is 55.4 Å². The van der Waals surface area contributed by atoms with Crippen LogP contribution in [-0.4, -0.2) is 6.61 Å². The largest absolute Gasteiger partial charge is 0.232 e. The number of rotatable bonds is 1. The SMILES string of the molecule is [O]CC1=CC2CCC1C2. The molecule has 0 saturated heterocycles. The number of fused-ring (bicyclic) bond motifs is 2. The Hall–Kier alpha value is -0.300.